The minimum Gasteiger partial charge on any atom is -0.184 e. The molecule has 0 fully saturated rings. The number of nitrogens with zero attached hydrogens (tertiary/aromatic N) is 2. The fraction of sp³-hybridized carbons (Fsp3) is 0.0667. The van der Waals surface area contributed by atoms with Gasteiger partial charge in [-0.1, -0.05) is 96.6 Å². The summed E-state index contributed by atoms with van der Waals surface area (Å²) >= 11 is 0. The molecular formula is C30H22N2. The zero-order valence-corrected chi connectivity index (χ0v) is 17.9. The van der Waals surface area contributed by atoms with Gasteiger partial charge in [-0.2, -0.15) is 10.2 Å². The second-order valence-electron chi connectivity index (χ2n) is 8.37. The van der Waals surface area contributed by atoms with Gasteiger partial charge in [-0.3, -0.25) is 0 Å². The van der Waals surface area contributed by atoms with Crippen LogP contribution in [0.1, 0.15) is 11.1 Å². The van der Waals surface area contributed by atoms with E-state index in [1.807, 2.05) is 6.07 Å². The Kier molecular flexibility index (Phi) is 4.43. The van der Waals surface area contributed by atoms with E-state index < -0.39 is 0 Å². The van der Waals surface area contributed by atoms with E-state index in [0.29, 0.717) is 6.54 Å². The van der Waals surface area contributed by atoms with Crippen LogP contribution in [-0.4, -0.2) is 0 Å². The third-order valence-corrected chi connectivity index (χ3v) is 6.28. The molecule has 0 aliphatic heterocycles. The van der Waals surface area contributed by atoms with Crippen molar-refractivity contribution in [2.45, 2.75) is 13.5 Å². The summed E-state index contributed by atoms with van der Waals surface area (Å²) in [5.41, 5.74) is 5.60. The van der Waals surface area contributed by atoms with E-state index >= 15 is 0 Å². The van der Waals surface area contributed by atoms with Crippen molar-refractivity contribution >= 4 is 38.0 Å². The van der Waals surface area contributed by atoms with E-state index in [0.717, 1.165) is 16.8 Å². The van der Waals surface area contributed by atoms with Gasteiger partial charge >= 0.3 is 0 Å². The maximum Gasteiger partial charge on any atom is 0.0931 e. The first-order chi connectivity index (χ1) is 15.8. The molecule has 0 amide bonds. The first-order valence-electron chi connectivity index (χ1n) is 11.0. The van der Waals surface area contributed by atoms with Gasteiger partial charge < -0.3 is 0 Å². The fourth-order valence-corrected chi connectivity index (χ4v) is 4.71. The van der Waals surface area contributed by atoms with Gasteiger partial charge in [0.1, 0.15) is 0 Å². The molecule has 2 heteroatoms. The summed E-state index contributed by atoms with van der Waals surface area (Å²) in [6, 6.07) is 36.5. The van der Waals surface area contributed by atoms with E-state index in [-0.39, 0.29) is 0 Å². The molecule has 0 N–H and O–H groups in total. The molecule has 0 spiro atoms. The number of azo groups is 1. The standard InChI is InChI=1S/C30H22N2/c1-20-10-17-28(27(18-20)21-6-3-2-4-7-21)32-31-19-25-14-13-24-12-11-22-8-5-9-23-15-16-26(25)30(24)29(22)23/h2-18H,19H2,1H3. The van der Waals surface area contributed by atoms with Gasteiger partial charge in [0.2, 0.25) is 0 Å². The number of rotatable bonds is 4. The minimum absolute atomic E-state index is 0.552. The zero-order chi connectivity index (χ0) is 21.5. The average molecular weight is 411 g/mol. The molecule has 0 heterocycles. The monoisotopic (exact) mass is 410 g/mol. The molecule has 152 valence electrons. The summed E-state index contributed by atoms with van der Waals surface area (Å²) in [5.74, 6) is 0. The van der Waals surface area contributed by atoms with Crippen LogP contribution >= 0.6 is 0 Å². The van der Waals surface area contributed by atoms with Crippen molar-refractivity contribution in [1.82, 2.24) is 0 Å². The number of hydrogen-bond acceptors (Lipinski definition) is 2. The molecule has 0 aromatic heterocycles. The third-order valence-electron chi connectivity index (χ3n) is 6.28. The highest BCUT2D eigenvalue weighted by atomic mass is 15.1. The van der Waals surface area contributed by atoms with Gasteiger partial charge in [-0.05, 0) is 62.5 Å². The molecule has 0 aliphatic carbocycles. The number of aryl methyl sites for hydroxylation is 1. The summed E-state index contributed by atoms with van der Waals surface area (Å²) in [7, 11) is 0. The molecule has 0 unspecified atom stereocenters. The lowest BCUT2D eigenvalue weighted by atomic mass is 9.92. The Morgan fingerprint density at radius 2 is 1.34 bits per heavy atom. The maximum atomic E-state index is 4.65. The predicted molar refractivity (Wildman–Crippen MR) is 135 cm³/mol. The fourth-order valence-electron chi connectivity index (χ4n) is 4.71. The smallest absolute Gasteiger partial charge is 0.0931 e. The van der Waals surface area contributed by atoms with Crippen molar-refractivity contribution in [2.75, 3.05) is 0 Å². The second-order valence-corrected chi connectivity index (χ2v) is 8.37. The second kappa shape index (κ2) is 7.58. The van der Waals surface area contributed by atoms with E-state index in [2.05, 4.69) is 114 Å². The molecule has 0 saturated carbocycles. The molecular weight excluding hydrogens is 388 g/mol. The lowest BCUT2D eigenvalue weighted by Crippen LogP contribution is -1.89. The largest absolute Gasteiger partial charge is 0.184 e. The molecule has 32 heavy (non-hydrogen) atoms. The van der Waals surface area contributed by atoms with Crippen LogP contribution in [0.4, 0.5) is 5.69 Å². The minimum atomic E-state index is 0.552. The van der Waals surface area contributed by atoms with Gasteiger partial charge in [0.05, 0.1) is 12.2 Å². The summed E-state index contributed by atoms with van der Waals surface area (Å²) < 4.78 is 0. The Balaban J connectivity index is 1.41. The first-order valence-corrected chi connectivity index (χ1v) is 11.0. The van der Waals surface area contributed by atoms with E-state index in [4.69, 9.17) is 0 Å². The highest BCUT2D eigenvalue weighted by Crippen LogP contribution is 2.36. The Morgan fingerprint density at radius 3 is 2.16 bits per heavy atom. The molecule has 0 bridgehead atoms. The average Bonchev–Trinajstić information content (AvgIpc) is 2.84. The van der Waals surface area contributed by atoms with E-state index in [1.54, 1.807) is 0 Å². The van der Waals surface area contributed by atoms with E-state index in [9.17, 15) is 0 Å². The van der Waals surface area contributed by atoms with Crippen LogP contribution in [0.2, 0.25) is 0 Å². The molecule has 0 aliphatic rings. The van der Waals surface area contributed by atoms with Crippen molar-refractivity contribution in [3.63, 3.8) is 0 Å². The van der Waals surface area contributed by atoms with Crippen LogP contribution in [-0.2, 0) is 6.54 Å². The van der Waals surface area contributed by atoms with Crippen molar-refractivity contribution in [2.24, 2.45) is 10.2 Å². The van der Waals surface area contributed by atoms with Crippen LogP contribution in [0, 0.1) is 6.92 Å². The normalized spacial score (nSPS) is 11.9. The Bertz CT molecular complexity index is 1580. The predicted octanol–water partition coefficient (Wildman–Crippen LogP) is 8.84. The van der Waals surface area contributed by atoms with Crippen molar-refractivity contribution in [3.05, 3.63) is 114 Å². The van der Waals surface area contributed by atoms with Gasteiger partial charge in [0, 0.05) is 5.56 Å². The Labute approximate surface area is 187 Å². The van der Waals surface area contributed by atoms with Gasteiger partial charge in [0.25, 0.3) is 0 Å². The summed E-state index contributed by atoms with van der Waals surface area (Å²) in [5, 5.41) is 17.1. The molecule has 6 aromatic carbocycles. The zero-order valence-electron chi connectivity index (χ0n) is 17.9. The summed E-state index contributed by atoms with van der Waals surface area (Å²) in [4.78, 5) is 0. The lowest BCUT2D eigenvalue weighted by Gasteiger charge is -2.13. The van der Waals surface area contributed by atoms with Gasteiger partial charge in [-0.15, -0.1) is 0 Å². The molecule has 0 radical (unpaired) electrons. The molecule has 0 saturated heterocycles. The Morgan fingerprint density at radius 1 is 0.625 bits per heavy atom. The van der Waals surface area contributed by atoms with Crippen molar-refractivity contribution < 1.29 is 0 Å². The molecule has 0 atom stereocenters. The molecule has 6 aromatic rings. The van der Waals surface area contributed by atoms with Crippen molar-refractivity contribution in [3.8, 4) is 11.1 Å². The topological polar surface area (TPSA) is 24.7 Å². The van der Waals surface area contributed by atoms with Crippen LogP contribution in [0.3, 0.4) is 0 Å². The van der Waals surface area contributed by atoms with Gasteiger partial charge in [-0.25, -0.2) is 0 Å². The van der Waals surface area contributed by atoms with Crippen LogP contribution in [0.25, 0.3) is 43.4 Å². The highest BCUT2D eigenvalue weighted by Gasteiger charge is 2.10. The summed E-state index contributed by atoms with van der Waals surface area (Å²) in [6.07, 6.45) is 0. The number of benzene rings is 6. The third kappa shape index (κ3) is 3.12. The van der Waals surface area contributed by atoms with Crippen LogP contribution in [0.5, 0.6) is 0 Å². The lowest BCUT2D eigenvalue weighted by molar-refractivity contribution is 0.968. The van der Waals surface area contributed by atoms with Gasteiger partial charge in [0.15, 0.2) is 0 Å². The van der Waals surface area contributed by atoms with E-state index in [1.165, 1.54) is 43.4 Å². The quantitative estimate of drug-likeness (QED) is 0.205. The number of hydrogen-bond donors (Lipinski definition) is 0. The maximum absolute atomic E-state index is 4.65. The summed E-state index contributed by atoms with van der Waals surface area (Å²) in [6.45, 7) is 2.66. The first kappa shape index (κ1) is 18.7. The molecule has 6 rings (SSSR count). The molecule has 2 nitrogen and oxygen atoms in total. The highest BCUT2D eigenvalue weighted by molar-refractivity contribution is 6.23. The Hall–Kier alpha value is -4.04. The van der Waals surface area contributed by atoms with Crippen LogP contribution < -0.4 is 0 Å². The van der Waals surface area contributed by atoms with Crippen LogP contribution in [0.15, 0.2) is 113 Å². The van der Waals surface area contributed by atoms with Crippen molar-refractivity contribution in [1.29, 1.82) is 0 Å². The SMILES string of the molecule is Cc1ccc(N=NCc2ccc3ccc4cccc5ccc2c3c45)c(-c2ccccc2)c1.